The Bertz CT molecular complexity index is 440. The molecule has 1 aliphatic rings. The Hall–Kier alpha value is -1.17. The number of pyridine rings is 1. The van der Waals surface area contributed by atoms with Gasteiger partial charge in [-0.1, -0.05) is 6.92 Å². The number of hydrogen-bond donors (Lipinski definition) is 1. The molecule has 5 heteroatoms. The lowest BCUT2D eigenvalue weighted by Crippen LogP contribution is -2.51. The van der Waals surface area contributed by atoms with E-state index in [-0.39, 0.29) is 0 Å². The van der Waals surface area contributed by atoms with E-state index in [1.165, 1.54) is 5.56 Å². The monoisotopic (exact) mass is 292 g/mol. The Labute approximate surface area is 128 Å². The van der Waals surface area contributed by atoms with Gasteiger partial charge in [-0.3, -0.25) is 4.98 Å². The second-order valence-electron chi connectivity index (χ2n) is 5.90. The van der Waals surface area contributed by atoms with Crippen LogP contribution in [0.4, 0.5) is 0 Å². The van der Waals surface area contributed by atoms with Crippen molar-refractivity contribution in [1.82, 2.24) is 20.1 Å². The summed E-state index contributed by atoms with van der Waals surface area (Å²) in [4.78, 5) is 9.18. The van der Waals surface area contributed by atoms with E-state index in [1.807, 2.05) is 6.20 Å². The largest absolute Gasteiger partial charge is 0.495 e. The topological polar surface area (TPSA) is 40.6 Å². The molecule has 0 saturated carbocycles. The molecule has 1 aliphatic heterocycles. The highest BCUT2D eigenvalue weighted by atomic mass is 16.5. The first-order chi connectivity index (χ1) is 10.1. The first kappa shape index (κ1) is 16.2. The Morgan fingerprint density at radius 2 is 2.19 bits per heavy atom. The molecule has 5 nitrogen and oxygen atoms in total. The maximum Gasteiger partial charge on any atom is 0.137 e. The number of hydrogen-bond acceptors (Lipinski definition) is 5. The number of aromatic nitrogens is 1. The molecule has 0 aromatic carbocycles. The predicted octanol–water partition coefficient (Wildman–Crippen LogP) is 1.38. The van der Waals surface area contributed by atoms with Gasteiger partial charge in [0.25, 0.3) is 0 Å². The first-order valence-electron chi connectivity index (χ1n) is 7.75. The molecule has 0 aliphatic carbocycles. The van der Waals surface area contributed by atoms with Gasteiger partial charge in [0.05, 0.1) is 13.3 Å². The van der Waals surface area contributed by atoms with Crippen LogP contribution >= 0.6 is 0 Å². The minimum Gasteiger partial charge on any atom is -0.495 e. The van der Waals surface area contributed by atoms with E-state index in [9.17, 15) is 0 Å². The predicted molar refractivity (Wildman–Crippen MR) is 85.7 cm³/mol. The fourth-order valence-electron chi connectivity index (χ4n) is 2.95. The minimum absolute atomic E-state index is 0.316. The van der Waals surface area contributed by atoms with Crippen molar-refractivity contribution < 1.29 is 4.74 Å². The molecule has 2 heterocycles. The standard InChI is InChI=1S/C16H28N4O/c1-5-18-16(13-8-15(21-4)11-17-10-13)9-14-12-19(2)6-7-20(14)3/h8,10-11,14,16,18H,5-7,9,12H2,1-4H3. The Balaban J connectivity index is 2.10. The van der Waals surface area contributed by atoms with E-state index < -0.39 is 0 Å². The highest BCUT2D eigenvalue weighted by molar-refractivity contribution is 5.26. The number of methoxy groups -OCH3 is 1. The van der Waals surface area contributed by atoms with Crippen molar-refractivity contribution >= 4 is 0 Å². The summed E-state index contributed by atoms with van der Waals surface area (Å²) in [5.74, 6) is 0.824. The summed E-state index contributed by atoms with van der Waals surface area (Å²) in [6, 6.07) is 2.97. The van der Waals surface area contributed by atoms with Gasteiger partial charge < -0.3 is 19.9 Å². The lowest BCUT2D eigenvalue weighted by Gasteiger charge is -2.39. The van der Waals surface area contributed by atoms with Crippen LogP contribution in [-0.2, 0) is 0 Å². The van der Waals surface area contributed by atoms with Gasteiger partial charge in [-0.25, -0.2) is 0 Å². The molecule has 0 spiro atoms. The zero-order valence-electron chi connectivity index (χ0n) is 13.7. The van der Waals surface area contributed by atoms with E-state index >= 15 is 0 Å². The molecule has 2 unspecified atom stereocenters. The molecule has 1 saturated heterocycles. The van der Waals surface area contributed by atoms with Crippen LogP contribution in [0.15, 0.2) is 18.5 Å². The second kappa shape index (κ2) is 7.73. The van der Waals surface area contributed by atoms with Gasteiger partial charge in [0.2, 0.25) is 0 Å². The lowest BCUT2D eigenvalue weighted by molar-refractivity contribution is 0.101. The van der Waals surface area contributed by atoms with Crippen molar-refractivity contribution in [2.75, 3.05) is 47.4 Å². The molecule has 0 amide bonds. The van der Waals surface area contributed by atoms with Crippen molar-refractivity contribution in [3.8, 4) is 5.75 Å². The fraction of sp³-hybridized carbons (Fsp3) is 0.688. The maximum absolute atomic E-state index is 5.30. The van der Waals surface area contributed by atoms with Crippen LogP contribution in [0.2, 0.25) is 0 Å². The second-order valence-corrected chi connectivity index (χ2v) is 5.90. The molecular weight excluding hydrogens is 264 g/mol. The summed E-state index contributed by atoms with van der Waals surface area (Å²) >= 11 is 0. The summed E-state index contributed by atoms with van der Waals surface area (Å²) in [5.41, 5.74) is 1.21. The summed E-state index contributed by atoms with van der Waals surface area (Å²) in [5, 5.41) is 3.59. The zero-order chi connectivity index (χ0) is 15.2. The average molecular weight is 292 g/mol. The molecule has 1 fully saturated rings. The van der Waals surface area contributed by atoms with Gasteiger partial charge in [-0.15, -0.1) is 0 Å². The van der Waals surface area contributed by atoms with Crippen LogP contribution in [0.5, 0.6) is 5.75 Å². The van der Waals surface area contributed by atoms with Gasteiger partial charge in [0.1, 0.15) is 5.75 Å². The van der Waals surface area contributed by atoms with Crippen molar-refractivity contribution in [3.63, 3.8) is 0 Å². The van der Waals surface area contributed by atoms with Gasteiger partial charge in [0.15, 0.2) is 0 Å². The smallest absolute Gasteiger partial charge is 0.137 e. The number of nitrogens with zero attached hydrogens (tertiary/aromatic N) is 3. The van der Waals surface area contributed by atoms with Crippen LogP contribution in [-0.4, -0.2) is 68.2 Å². The van der Waals surface area contributed by atoms with Gasteiger partial charge in [0, 0.05) is 37.9 Å². The molecule has 0 radical (unpaired) electrons. The summed E-state index contributed by atoms with van der Waals surface area (Å²) in [6.07, 6.45) is 4.79. The van der Waals surface area contributed by atoms with Crippen molar-refractivity contribution in [2.45, 2.75) is 25.4 Å². The summed E-state index contributed by atoms with van der Waals surface area (Å²) in [6.45, 7) is 6.51. The Kier molecular flexibility index (Phi) is 5.96. The molecule has 118 valence electrons. The van der Waals surface area contributed by atoms with E-state index in [2.05, 4.69) is 47.2 Å². The quantitative estimate of drug-likeness (QED) is 0.858. The molecular formula is C16H28N4O. The van der Waals surface area contributed by atoms with E-state index in [0.717, 1.165) is 38.3 Å². The summed E-state index contributed by atoms with van der Waals surface area (Å²) in [7, 11) is 6.12. The third-order valence-electron chi connectivity index (χ3n) is 4.31. The number of nitrogens with one attached hydrogen (secondary N) is 1. The molecule has 2 rings (SSSR count). The van der Waals surface area contributed by atoms with Crippen molar-refractivity contribution in [2.24, 2.45) is 0 Å². The van der Waals surface area contributed by atoms with E-state index in [1.54, 1.807) is 13.3 Å². The van der Waals surface area contributed by atoms with Crippen LogP contribution < -0.4 is 10.1 Å². The molecule has 0 bridgehead atoms. The molecule has 1 N–H and O–H groups in total. The normalized spacial score (nSPS) is 22.2. The van der Waals surface area contributed by atoms with Crippen molar-refractivity contribution in [3.05, 3.63) is 24.0 Å². The minimum atomic E-state index is 0.316. The zero-order valence-corrected chi connectivity index (χ0v) is 13.7. The van der Waals surface area contributed by atoms with Crippen LogP contribution in [0.3, 0.4) is 0 Å². The van der Waals surface area contributed by atoms with Gasteiger partial charge in [-0.2, -0.15) is 0 Å². The van der Waals surface area contributed by atoms with Crippen LogP contribution in [0.1, 0.15) is 24.9 Å². The molecule has 21 heavy (non-hydrogen) atoms. The van der Waals surface area contributed by atoms with Gasteiger partial charge >= 0.3 is 0 Å². The third-order valence-corrected chi connectivity index (χ3v) is 4.31. The molecule has 1 aromatic heterocycles. The first-order valence-corrected chi connectivity index (χ1v) is 7.75. The highest BCUT2D eigenvalue weighted by Crippen LogP contribution is 2.24. The number of piperazine rings is 1. The van der Waals surface area contributed by atoms with E-state index in [0.29, 0.717) is 12.1 Å². The Morgan fingerprint density at radius 1 is 1.38 bits per heavy atom. The van der Waals surface area contributed by atoms with E-state index in [4.69, 9.17) is 4.74 Å². The number of likely N-dealkylation sites (N-methyl/N-ethyl adjacent to an activating group) is 2. The Morgan fingerprint density at radius 3 is 2.90 bits per heavy atom. The molecule has 1 aromatic rings. The lowest BCUT2D eigenvalue weighted by atomic mass is 9.98. The highest BCUT2D eigenvalue weighted by Gasteiger charge is 2.26. The number of ether oxygens (including phenoxy) is 1. The van der Waals surface area contributed by atoms with Gasteiger partial charge in [-0.05, 0) is 38.7 Å². The average Bonchev–Trinajstić information content (AvgIpc) is 2.50. The van der Waals surface area contributed by atoms with Crippen LogP contribution in [0, 0.1) is 0 Å². The summed E-state index contributed by atoms with van der Waals surface area (Å²) < 4.78 is 5.30. The maximum atomic E-state index is 5.30. The SMILES string of the molecule is CCNC(CC1CN(C)CCN1C)c1cncc(OC)c1. The van der Waals surface area contributed by atoms with Crippen LogP contribution in [0.25, 0.3) is 0 Å². The van der Waals surface area contributed by atoms with Crippen molar-refractivity contribution in [1.29, 1.82) is 0 Å². The third kappa shape index (κ3) is 4.40. The molecule has 2 atom stereocenters. The fourth-order valence-corrected chi connectivity index (χ4v) is 2.95. The number of rotatable bonds is 6.